The Balaban J connectivity index is 2.16. The van der Waals surface area contributed by atoms with Gasteiger partial charge >= 0.3 is 0 Å². The zero-order valence-electron chi connectivity index (χ0n) is 10.5. The molecule has 0 atom stereocenters. The van der Waals surface area contributed by atoms with Crippen molar-refractivity contribution in [1.29, 1.82) is 0 Å². The van der Waals surface area contributed by atoms with Crippen molar-refractivity contribution in [3.05, 3.63) is 48.5 Å². The quantitative estimate of drug-likeness (QED) is 0.751. The maximum Gasteiger partial charge on any atom is 0.254 e. The monoisotopic (exact) mass is 326 g/mol. The molecule has 21 heavy (non-hydrogen) atoms. The van der Waals surface area contributed by atoms with E-state index in [2.05, 4.69) is 0 Å². The van der Waals surface area contributed by atoms with Crippen molar-refractivity contribution >= 4 is 20.0 Å². The molecule has 0 amide bonds. The predicted octanol–water partition coefficient (Wildman–Crippen LogP) is 0.964. The van der Waals surface area contributed by atoms with Gasteiger partial charge in [0.25, 0.3) is 20.0 Å². The molecule has 2 N–H and O–H groups in total. The first-order chi connectivity index (χ1) is 9.87. The van der Waals surface area contributed by atoms with Crippen LogP contribution in [0.4, 0.5) is 0 Å². The Morgan fingerprint density at radius 2 is 0.952 bits per heavy atom. The fourth-order valence-electron chi connectivity index (χ4n) is 1.74. The summed E-state index contributed by atoms with van der Waals surface area (Å²) in [7, 11) is -8.00. The van der Waals surface area contributed by atoms with Crippen LogP contribution in [-0.4, -0.2) is 16.8 Å². The Kier molecular flexibility index (Phi) is 3.21. The molecule has 4 aliphatic rings. The second-order valence-corrected chi connectivity index (χ2v) is 7.62. The smallest absolute Gasteiger partial charge is 0.254 e. The third-order valence-electron chi connectivity index (χ3n) is 2.81. The number of nitrogens with one attached hydrogen (secondary N) is 2. The molecule has 0 aliphatic carbocycles. The van der Waals surface area contributed by atoms with Crippen LogP contribution in [0, 0.1) is 0 Å². The van der Waals surface area contributed by atoms with Gasteiger partial charge in [-0.15, -0.1) is 9.66 Å². The summed E-state index contributed by atoms with van der Waals surface area (Å²) in [5, 5.41) is 0. The molecule has 2 aromatic rings. The Morgan fingerprint density at radius 1 is 0.619 bits per heavy atom. The largest absolute Gasteiger partial charge is 0.457 e. The molecule has 0 unspecified atom stereocenters. The van der Waals surface area contributed by atoms with E-state index in [4.69, 9.17) is 4.74 Å². The first kappa shape index (κ1) is 14.0. The van der Waals surface area contributed by atoms with Crippen molar-refractivity contribution in [2.24, 2.45) is 0 Å². The molecule has 7 nitrogen and oxygen atoms in total. The first-order valence-electron chi connectivity index (χ1n) is 5.78. The molecule has 9 heteroatoms. The van der Waals surface area contributed by atoms with Gasteiger partial charge in [-0.1, -0.05) is 0 Å². The van der Waals surface area contributed by atoms with E-state index in [-0.39, 0.29) is 9.79 Å². The standard InChI is InChI=1S/C12H10N2O5S2/c15-20(16)11-5-1-9(2-6-11)19-10-3-7-12(8-4-10)21(17,18)14-13-20/h1-8,13-14H. The van der Waals surface area contributed by atoms with Crippen LogP contribution in [0.25, 0.3) is 0 Å². The van der Waals surface area contributed by atoms with Crippen LogP contribution in [0.5, 0.6) is 11.5 Å². The Bertz CT molecular complexity index is 797. The van der Waals surface area contributed by atoms with Crippen LogP contribution in [0.1, 0.15) is 0 Å². The van der Waals surface area contributed by atoms with E-state index in [1.165, 1.54) is 48.5 Å². The lowest BCUT2D eigenvalue weighted by Crippen LogP contribution is -2.41. The van der Waals surface area contributed by atoms with Gasteiger partial charge < -0.3 is 4.74 Å². The molecular weight excluding hydrogens is 316 g/mol. The number of hydrazine groups is 1. The Morgan fingerprint density at radius 3 is 1.29 bits per heavy atom. The summed E-state index contributed by atoms with van der Waals surface area (Å²) in [5.74, 6) is 0.883. The van der Waals surface area contributed by atoms with Crippen LogP contribution >= 0.6 is 0 Å². The third kappa shape index (κ3) is 2.76. The van der Waals surface area contributed by atoms with Gasteiger partial charge in [0.2, 0.25) is 0 Å². The van der Waals surface area contributed by atoms with E-state index >= 15 is 0 Å². The lowest BCUT2D eigenvalue weighted by Gasteiger charge is -2.08. The van der Waals surface area contributed by atoms with Gasteiger partial charge in [0.1, 0.15) is 11.5 Å². The second kappa shape index (κ2) is 4.81. The van der Waals surface area contributed by atoms with E-state index in [0.29, 0.717) is 11.5 Å². The highest BCUT2D eigenvalue weighted by Gasteiger charge is 2.20. The second-order valence-electron chi connectivity index (χ2n) is 4.26. The molecule has 0 spiro atoms. The highest BCUT2D eigenvalue weighted by Crippen LogP contribution is 2.24. The summed E-state index contributed by atoms with van der Waals surface area (Å²) >= 11 is 0. The summed E-state index contributed by atoms with van der Waals surface area (Å²) in [6, 6.07) is 11.2. The van der Waals surface area contributed by atoms with Gasteiger partial charge in [0, 0.05) is 0 Å². The minimum absolute atomic E-state index is 0.0833. The molecule has 4 aliphatic heterocycles. The molecule has 0 radical (unpaired) electrons. The number of rotatable bonds is 0. The first-order valence-corrected chi connectivity index (χ1v) is 8.75. The van der Waals surface area contributed by atoms with Crippen LogP contribution in [-0.2, 0) is 20.0 Å². The van der Waals surface area contributed by atoms with Crippen LogP contribution in [0.3, 0.4) is 0 Å². The maximum atomic E-state index is 12.0. The molecule has 0 fully saturated rings. The number of sulfonamides is 2. The van der Waals surface area contributed by atoms with Crippen molar-refractivity contribution in [2.75, 3.05) is 0 Å². The predicted molar refractivity (Wildman–Crippen MR) is 73.6 cm³/mol. The average molecular weight is 326 g/mol. The van der Waals surface area contributed by atoms with Crippen molar-refractivity contribution in [3.63, 3.8) is 0 Å². The highest BCUT2D eigenvalue weighted by atomic mass is 32.2. The van der Waals surface area contributed by atoms with Crippen molar-refractivity contribution in [3.8, 4) is 11.5 Å². The third-order valence-corrected chi connectivity index (χ3v) is 5.47. The van der Waals surface area contributed by atoms with Crippen molar-refractivity contribution in [1.82, 2.24) is 9.66 Å². The fraction of sp³-hybridized carbons (Fsp3) is 0. The Labute approximate surface area is 121 Å². The van der Waals surface area contributed by atoms with Crippen LogP contribution in [0.15, 0.2) is 58.3 Å². The summed E-state index contributed by atoms with van der Waals surface area (Å²) in [4.78, 5) is 3.52. The molecule has 4 heterocycles. The van der Waals surface area contributed by atoms with Gasteiger partial charge in [0.05, 0.1) is 9.79 Å². The zero-order chi connectivity index (χ0) is 15.1. The lowest BCUT2D eigenvalue weighted by molar-refractivity contribution is 0.481. The number of benzene rings is 2. The molecule has 6 rings (SSSR count). The summed E-state index contributed by atoms with van der Waals surface area (Å²) in [5.41, 5.74) is 0. The topological polar surface area (TPSA) is 102 Å². The average Bonchev–Trinajstić information content (AvgIpc) is 2.47. The van der Waals surface area contributed by atoms with Crippen LogP contribution < -0.4 is 14.4 Å². The molecular formula is C12H10N2O5S2. The van der Waals surface area contributed by atoms with E-state index < -0.39 is 20.0 Å². The van der Waals surface area contributed by atoms with Crippen molar-refractivity contribution < 1.29 is 21.6 Å². The summed E-state index contributed by atoms with van der Waals surface area (Å²) in [6.07, 6.45) is 0. The van der Waals surface area contributed by atoms with Crippen molar-refractivity contribution in [2.45, 2.75) is 9.79 Å². The zero-order valence-corrected chi connectivity index (χ0v) is 12.1. The molecule has 4 bridgehead atoms. The summed E-state index contributed by atoms with van der Waals surface area (Å²) in [6.45, 7) is 0. The normalized spacial score (nSPS) is 19.0. The van der Waals surface area contributed by atoms with E-state index in [0.717, 1.165) is 0 Å². The van der Waals surface area contributed by atoms with Gasteiger partial charge in [-0.25, -0.2) is 16.8 Å². The van der Waals surface area contributed by atoms with E-state index in [9.17, 15) is 16.8 Å². The van der Waals surface area contributed by atoms with E-state index in [1.807, 2.05) is 9.66 Å². The molecule has 110 valence electrons. The van der Waals surface area contributed by atoms with Gasteiger partial charge in [-0.3, -0.25) is 0 Å². The highest BCUT2D eigenvalue weighted by molar-refractivity contribution is 7.92. The molecule has 0 saturated heterocycles. The molecule has 0 saturated carbocycles. The lowest BCUT2D eigenvalue weighted by atomic mass is 10.3. The SMILES string of the molecule is O=S1(=O)NNS(=O)(=O)c2ccc(cc2)Oc2ccc1cc2. The summed E-state index contributed by atoms with van der Waals surface area (Å²) < 4.78 is 53.4. The number of ether oxygens (including phenoxy) is 1. The maximum absolute atomic E-state index is 12.0. The van der Waals surface area contributed by atoms with E-state index in [1.54, 1.807) is 0 Å². The van der Waals surface area contributed by atoms with Gasteiger partial charge in [-0.2, -0.15) is 0 Å². The number of hydrogen-bond acceptors (Lipinski definition) is 5. The Hall–Kier alpha value is -1.94. The molecule has 0 aromatic heterocycles. The number of hydrogen-bond donors (Lipinski definition) is 2. The minimum atomic E-state index is -4.00. The van der Waals surface area contributed by atoms with Crippen LogP contribution in [0.2, 0.25) is 0 Å². The minimum Gasteiger partial charge on any atom is -0.457 e. The fourth-order valence-corrected chi connectivity index (χ4v) is 3.84. The van der Waals surface area contributed by atoms with Gasteiger partial charge in [0.15, 0.2) is 0 Å². The molecule has 2 aromatic carbocycles. The van der Waals surface area contributed by atoms with Gasteiger partial charge in [-0.05, 0) is 48.5 Å².